The van der Waals surface area contributed by atoms with Gasteiger partial charge in [0.2, 0.25) is 0 Å². The first kappa shape index (κ1) is 18.9. The van der Waals surface area contributed by atoms with Crippen LogP contribution in [0.4, 0.5) is 17.3 Å². The van der Waals surface area contributed by atoms with Gasteiger partial charge in [0.1, 0.15) is 4.90 Å². The molecule has 0 aliphatic rings. The summed E-state index contributed by atoms with van der Waals surface area (Å²) in [6, 6.07) is 13.2. The Hall–Kier alpha value is -3.46. The zero-order valence-corrected chi connectivity index (χ0v) is 17.0. The summed E-state index contributed by atoms with van der Waals surface area (Å²) in [5, 5.41) is 7.16. The third kappa shape index (κ3) is 3.77. The van der Waals surface area contributed by atoms with Crippen molar-refractivity contribution in [2.45, 2.75) is 18.7 Å². The van der Waals surface area contributed by atoms with Crippen molar-refractivity contribution < 1.29 is 8.42 Å². The second-order valence-corrected chi connectivity index (χ2v) is 8.42. The number of anilines is 3. The number of nitrogens with one attached hydrogen (secondary N) is 2. The molecule has 4 rings (SSSR count). The highest BCUT2D eigenvalue weighted by molar-refractivity contribution is 7.92. The molecule has 2 heterocycles. The van der Waals surface area contributed by atoms with Crippen LogP contribution >= 0.6 is 0 Å². The smallest absolute Gasteiger partial charge is 0.266 e. The van der Waals surface area contributed by atoms with Gasteiger partial charge in [-0.1, -0.05) is 24.3 Å². The Morgan fingerprint density at radius 1 is 0.931 bits per heavy atom. The molecule has 9 heteroatoms. The van der Waals surface area contributed by atoms with Crippen molar-refractivity contribution >= 4 is 38.4 Å². The van der Waals surface area contributed by atoms with E-state index in [1.807, 2.05) is 50.2 Å². The lowest BCUT2D eigenvalue weighted by molar-refractivity contribution is 0.601. The van der Waals surface area contributed by atoms with Gasteiger partial charge in [-0.3, -0.25) is 9.40 Å². The number of hydrogen-bond donors (Lipinski definition) is 2. The fourth-order valence-corrected chi connectivity index (χ4v) is 3.89. The third-order valence-electron chi connectivity index (χ3n) is 4.65. The number of nitrogens with zero attached hydrogens (tertiary/aromatic N) is 4. The second kappa shape index (κ2) is 7.17. The molecule has 0 saturated carbocycles. The first-order chi connectivity index (χ1) is 13.8. The number of aryl methyl sites for hydroxylation is 2. The Kier molecular flexibility index (Phi) is 4.67. The van der Waals surface area contributed by atoms with E-state index in [4.69, 9.17) is 0 Å². The molecule has 8 nitrogen and oxygen atoms in total. The summed E-state index contributed by atoms with van der Waals surface area (Å²) in [7, 11) is -2.21. The first-order valence-corrected chi connectivity index (χ1v) is 10.4. The highest BCUT2D eigenvalue weighted by Crippen LogP contribution is 2.29. The van der Waals surface area contributed by atoms with E-state index < -0.39 is 10.0 Å². The molecule has 29 heavy (non-hydrogen) atoms. The molecule has 0 aliphatic heterocycles. The molecule has 0 atom stereocenters. The fourth-order valence-electron chi connectivity index (χ4n) is 2.90. The summed E-state index contributed by atoms with van der Waals surface area (Å²) in [5.74, 6) is 0.443. The molecule has 0 aliphatic carbocycles. The maximum atomic E-state index is 12.8. The number of rotatable bonds is 5. The van der Waals surface area contributed by atoms with Gasteiger partial charge in [0, 0.05) is 18.9 Å². The van der Waals surface area contributed by atoms with Crippen molar-refractivity contribution in [3.05, 3.63) is 66.0 Å². The molecule has 148 valence electrons. The Labute approximate surface area is 168 Å². The van der Waals surface area contributed by atoms with Gasteiger partial charge >= 0.3 is 0 Å². The van der Waals surface area contributed by atoms with Crippen LogP contribution in [0.3, 0.4) is 0 Å². The number of sulfonamides is 1. The molecule has 0 saturated heterocycles. The predicted octanol–water partition coefficient (Wildman–Crippen LogP) is 3.52. The molecule has 0 amide bonds. The van der Waals surface area contributed by atoms with Gasteiger partial charge in [-0.05, 0) is 43.2 Å². The maximum absolute atomic E-state index is 12.8. The lowest BCUT2D eigenvalue weighted by atomic mass is 10.1. The molecule has 0 spiro atoms. The van der Waals surface area contributed by atoms with Gasteiger partial charge < -0.3 is 5.32 Å². The van der Waals surface area contributed by atoms with Crippen LogP contribution in [-0.2, 0) is 17.1 Å². The van der Waals surface area contributed by atoms with Gasteiger partial charge in [0.25, 0.3) is 10.0 Å². The van der Waals surface area contributed by atoms with E-state index in [1.54, 1.807) is 13.1 Å². The molecule has 0 radical (unpaired) electrons. The van der Waals surface area contributed by atoms with E-state index in [9.17, 15) is 8.42 Å². The van der Waals surface area contributed by atoms with Gasteiger partial charge in [-0.2, -0.15) is 5.10 Å². The Morgan fingerprint density at radius 3 is 2.28 bits per heavy atom. The zero-order valence-electron chi connectivity index (χ0n) is 16.2. The summed E-state index contributed by atoms with van der Waals surface area (Å²) >= 11 is 0. The highest BCUT2D eigenvalue weighted by Gasteiger charge is 2.20. The molecule has 2 aromatic heterocycles. The molecule has 0 unspecified atom stereocenters. The Bertz CT molecular complexity index is 1310. The number of fused-ring (bicyclic) bond motifs is 1. The second-order valence-electron chi connectivity index (χ2n) is 6.74. The van der Waals surface area contributed by atoms with Crippen LogP contribution in [0.15, 0.2) is 59.8 Å². The number of hydrogen-bond acceptors (Lipinski definition) is 6. The van der Waals surface area contributed by atoms with Crippen molar-refractivity contribution in [2.75, 3.05) is 10.0 Å². The standard InChI is InChI=1S/C20H20N6O2S/c1-13-7-6-10-16(14(13)2)22-19-20(24-18-9-5-4-8-17(18)23-19)25-29(27,28)15-11-21-26(3)12-15/h4-12H,1-3H3,(H,22,23)(H,24,25). The first-order valence-electron chi connectivity index (χ1n) is 8.95. The predicted molar refractivity (Wildman–Crippen MR) is 113 cm³/mol. The quantitative estimate of drug-likeness (QED) is 0.524. The summed E-state index contributed by atoms with van der Waals surface area (Å²) in [5.41, 5.74) is 4.23. The van der Waals surface area contributed by atoms with Crippen molar-refractivity contribution in [1.29, 1.82) is 0 Å². The molecular formula is C20H20N6O2S. The lowest BCUT2D eigenvalue weighted by Gasteiger charge is -2.15. The minimum absolute atomic E-state index is 0.0487. The average Bonchev–Trinajstić information content (AvgIpc) is 3.13. The van der Waals surface area contributed by atoms with E-state index in [-0.39, 0.29) is 10.7 Å². The molecule has 2 aromatic carbocycles. The van der Waals surface area contributed by atoms with Crippen molar-refractivity contribution in [3.63, 3.8) is 0 Å². The van der Waals surface area contributed by atoms with Crippen molar-refractivity contribution in [2.24, 2.45) is 7.05 Å². The number of benzene rings is 2. The van der Waals surface area contributed by atoms with Crippen LogP contribution in [0.2, 0.25) is 0 Å². The van der Waals surface area contributed by atoms with Crippen LogP contribution in [0.5, 0.6) is 0 Å². The monoisotopic (exact) mass is 408 g/mol. The molecule has 4 aromatic rings. The SMILES string of the molecule is Cc1cccc(Nc2nc3ccccc3nc2NS(=O)(=O)c2cnn(C)c2)c1C. The minimum Gasteiger partial charge on any atom is -0.337 e. The zero-order chi connectivity index (χ0) is 20.6. The maximum Gasteiger partial charge on any atom is 0.266 e. The fraction of sp³-hybridized carbons (Fsp3) is 0.150. The van der Waals surface area contributed by atoms with Crippen LogP contribution < -0.4 is 10.0 Å². The summed E-state index contributed by atoms with van der Waals surface area (Å²) in [6.45, 7) is 4.00. The van der Waals surface area contributed by atoms with Gasteiger partial charge in [0.15, 0.2) is 11.6 Å². The Morgan fingerprint density at radius 2 is 1.62 bits per heavy atom. The van der Waals surface area contributed by atoms with Gasteiger partial charge in [-0.25, -0.2) is 18.4 Å². The third-order valence-corrected chi connectivity index (χ3v) is 5.94. The molecular weight excluding hydrogens is 388 g/mol. The van der Waals surface area contributed by atoms with Crippen LogP contribution in [0.25, 0.3) is 11.0 Å². The summed E-state index contributed by atoms with van der Waals surface area (Å²) < 4.78 is 29.6. The van der Waals surface area contributed by atoms with Crippen molar-refractivity contribution in [1.82, 2.24) is 19.7 Å². The lowest BCUT2D eigenvalue weighted by Crippen LogP contribution is -2.15. The van der Waals surface area contributed by atoms with Gasteiger partial charge in [-0.15, -0.1) is 0 Å². The minimum atomic E-state index is -3.87. The van der Waals surface area contributed by atoms with Crippen molar-refractivity contribution in [3.8, 4) is 0 Å². The van der Waals surface area contributed by atoms with Crippen LogP contribution in [0, 0.1) is 13.8 Å². The van der Waals surface area contributed by atoms with E-state index in [2.05, 4.69) is 25.1 Å². The molecule has 0 fully saturated rings. The van der Waals surface area contributed by atoms with E-state index in [0.717, 1.165) is 16.8 Å². The number of para-hydroxylation sites is 2. The number of aromatic nitrogens is 4. The van der Waals surface area contributed by atoms with Gasteiger partial charge in [0.05, 0.1) is 17.2 Å². The normalized spacial score (nSPS) is 11.6. The van der Waals surface area contributed by atoms with Crippen LogP contribution in [0.1, 0.15) is 11.1 Å². The molecule has 0 bridgehead atoms. The highest BCUT2D eigenvalue weighted by atomic mass is 32.2. The average molecular weight is 408 g/mol. The summed E-state index contributed by atoms with van der Waals surface area (Å²) in [4.78, 5) is 9.15. The Balaban J connectivity index is 1.81. The van der Waals surface area contributed by atoms with Crippen LogP contribution in [-0.4, -0.2) is 28.2 Å². The van der Waals surface area contributed by atoms with E-state index in [1.165, 1.54) is 17.1 Å². The molecule has 2 N–H and O–H groups in total. The van der Waals surface area contributed by atoms with E-state index >= 15 is 0 Å². The topological polar surface area (TPSA) is 102 Å². The summed E-state index contributed by atoms with van der Waals surface area (Å²) in [6.07, 6.45) is 2.71. The largest absolute Gasteiger partial charge is 0.337 e. The van der Waals surface area contributed by atoms with E-state index in [0.29, 0.717) is 16.9 Å².